The number of rotatable bonds is 9. The molecule has 2 unspecified atom stereocenters. The Morgan fingerprint density at radius 2 is 0.903 bits per heavy atom. The van der Waals surface area contributed by atoms with Crippen molar-refractivity contribution in [2.75, 3.05) is 0 Å². The monoisotopic (exact) mass is 1060 g/mol. The molecule has 6 aromatic rings. The van der Waals surface area contributed by atoms with Crippen molar-refractivity contribution in [3.8, 4) is 33.4 Å². The maximum absolute atomic E-state index is 14.7. The minimum absolute atomic E-state index is 0.0841. The van der Waals surface area contributed by atoms with Crippen LogP contribution in [0.5, 0.6) is 0 Å². The fourth-order valence-electron chi connectivity index (χ4n) is 11.0. The average Bonchev–Trinajstić information content (AvgIpc) is 3.91. The molecule has 10 heteroatoms. The van der Waals surface area contributed by atoms with Crippen molar-refractivity contribution in [1.29, 1.82) is 0 Å². The number of fused-ring (bicyclic) bond motifs is 5. The summed E-state index contributed by atoms with van der Waals surface area (Å²) in [5.74, 6) is 0.287. The number of hydrogen-bond donors (Lipinski definition) is 0. The number of halogens is 8. The Labute approximate surface area is 369 Å². The van der Waals surface area contributed by atoms with Crippen LogP contribution in [0.1, 0.15) is 81.3 Å². The van der Waals surface area contributed by atoms with E-state index in [4.69, 9.17) is 17.2 Å². The van der Waals surface area contributed by atoms with Gasteiger partial charge in [0.1, 0.15) is 0 Å². The van der Waals surface area contributed by atoms with E-state index in [0.29, 0.717) is 35.1 Å². The molecule has 9 rings (SSSR count). The molecule has 3 aliphatic rings. The fourth-order valence-corrected chi connectivity index (χ4v) is 49.9. The van der Waals surface area contributed by atoms with Crippen molar-refractivity contribution >= 4 is 52.5 Å². The Hall–Kier alpha value is -3.95. The van der Waals surface area contributed by atoms with Crippen molar-refractivity contribution in [2.45, 2.75) is 60.2 Å². The zero-order valence-electron chi connectivity index (χ0n) is 34.7. The molecular weight excluding hydrogens is 1020 g/mol. The molecule has 0 aromatic heterocycles. The van der Waals surface area contributed by atoms with Crippen LogP contribution in [0.25, 0.3) is 45.5 Å². The van der Waals surface area contributed by atoms with E-state index in [2.05, 4.69) is 70.2 Å². The van der Waals surface area contributed by atoms with E-state index in [9.17, 15) is 26.3 Å². The molecule has 0 amide bonds. The van der Waals surface area contributed by atoms with Crippen molar-refractivity contribution in [2.24, 2.45) is 11.8 Å². The van der Waals surface area contributed by atoms with Gasteiger partial charge in [-0.3, -0.25) is 0 Å². The van der Waals surface area contributed by atoms with Gasteiger partial charge >= 0.3 is 372 Å². The second-order valence-electron chi connectivity index (χ2n) is 18.0. The molecule has 1 heterocycles. The molecular formula is C52H45Cl2F6HfSi. The van der Waals surface area contributed by atoms with Gasteiger partial charge in [0.05, 0.1) is 0 Å². The van der Waals surface area contributed by atoms with Gasteiger partial charge in [0.15, 0.2) is 0 Å². The Morgan fingerprint density at radius 3 is 1.37 bits per heavy atom. The third-order valence-corrected chi connectivity index (χ3v) is 44.8. The van der Waals surface area contributed by atoms with Crippen LogP contribution in [-0.4, -0.2) is 9.52 Å². The van der Waals surface area contributed by atoms with E-state index >= 15 is 0 Å². The summed E-state index contributed by atoms with van der Waals surface area (Å²) in [7, 11) is 17.1. The molecule has 0 saturated heterocycles. The average molecular weight is 1060 g/mol. The van der Waals surface area contributed by atoms with Crippen molar-refractivity contribution in [3.63, 3.8) is 0 Å². The molecule has 0 nitrogen and oxygen atoms in total. The van der Waals surface area contributed by atoms with Gasteiger partial charge < -0.3 is 0 Å². The Balaban J connectivity index is 1.39. The van der Waals surface area contributed by atoms with Gasteiger partial charge in [0, 0.05) is 0 Å². The van der Waals surface area contributed by atoms with Gasteiger partial charge in [-0.2, -0.15) is 0 Å². The molecule has 6 aromatic carbocycles. The van der Waals surface area contributed by atoms with Crippen LogP contribution in [0.2, 0.25) is 0 Å². The predicted molar refractivity (Wildman–Crippen MR) is 245 cm³/mol. The van der Waals surface area contributed by atoms with Gasteiger partial charge in [-0.15, -0.1) is 0 Å². The molecule has 0 N–H and O–H groups in total. The quantitative estimate of drug-likeness (QED) is 0.0998. The summed E-state index contributed by atoms with van der Waals surface area (Å²) >= 11 is -6.34. The first-order valence-corrected chi connectivity index (χ1v) is 37.4. The summed E-state index contributed by atoms with van der Waals surface area (Å²) in [6, 6.07) is 37.3. The SMILES string of the molecule is CC(C)CC1=Cc2c(-c3ccccc3C(F)(F)F)cccc2[CH]1[Hf]([Cl])([Cl])([c]1cccc2c1[SiH2]c1ccccc1-2)[CH]1C(CC(C)C)=Cc2c(-c3ccccc3C(F)(F)F)cccc21. The first-order valence-electron chi connectivity index (χ1n) is 21.2. The first-order chi connectivity index (χ1) is 29.4. The van der Waals surface area contributed by atoms with Crippen LogP contribution >= 0.6 is 17.2 Å². The molecule has 2 atom stereocenters. The van der Waals surface area contributed by atoms with Crippen molar-refractivity contribution in [1.82, 2.24) is 0 Å². The van der Waals surface area contributed by atoms with Crippen LogP contribution in [0.3, 0.4) is 0 Å². The third kappa shape index (κ3) is 7.06. The van der Waals surface area contributed by atoms with E-state index in [-0.39, 0.29) is 23.0 Å². The minimum atomic E-state index is -6.34. The van der Waals surface area contributed by atoms with Gasteiger partial charge in [-0.1, -0.05) is 0 Å². The first kappa shape index (κ1) is 43.3. The molecule has 62 heavy (non-hydrogen) atoms. The summed E-state index contributed by atoms with van der Waals surface area (Å²) < 4.78 is 88.3. The zero-order chi connectivity index (χ0) is 44.0. The molecule has 2 aliphatic carbocycles. The summed E-state index contributed by atoms with van der Waals surface area (Å²) in [5, 5.41) is 2.47. The van der Waals surface area contributed by atoms with Crippen molar-refractivity contribution < 1.29 is 42.5 Å². The molecule has 0 fully saturated rings. The molecule has 0 spiro atoms. The van der Waals surface area contributed by atoms with E-state index in [1.54, 1.807) is 24.3 Å². The summed E-state index contributed by atoms with van der Waals surface area (Å²) in [6.45, 7) is 8.49. The number of allylic oxidation sites excluding steroid dienone is 2. The second kappa shape index (κ2) is 15.6. The number of alkyl halides is 6. The van der Waals surface area contributed by atoms with Gasteiger partial charge in [-0.05, 0) is 0 Å². The number of hydrogen-bond acceptors (Lipinski definition) is 0. The molecule has 0 saturated carbocycles. The summed E-state index contributed by atoms with van der Waals surface area (Å²) in [4.78, 5) is 0. The van der Waals surface area contributed by atoms with E-state index in [1.807, 2.05) is 36.4 Å². The van der Waals surface area contributed by atoms with Crippen LogP contribution in [0.15, 0.2) is 139 Å². The molecule has 1 aliphatic heterocycles. The Bertz CT molecular complexity index is 2690. The fraction of sp³-hybridized carbons (Fsp3) is 0.231. The van der Waals surface area contributed by atoms with E-state index < -0.39 is 56.5 Å². The standard InChI is InChI=1S/2C20H18F3.C12H9Si.2ClH.Hf/c2*1-13(2)10-14-11-15-6-5-8-16(18(15)12-14)17-7-3-4-9-19(17)20(21,22)23;1-3-7-11-9(5-1)10-6-2-4-8-12(10)13-11;;;/h2*3-9,11-13H,10H2,1-2H3;1-7H,13H2;2*1H;/q;;;;;+2/p-2. The Morgan fingerprint density at radius 1 is 0.500 bits per heavy atom. The van der Waals surface area contributed by atoms with E-state index in [1.165, 1.54) is 34.6 Å². The van der Waals surface area contributed by atoms with Crippen LogP contribution < -0.4 is 13.7 Å². The predicted octanol–water partition coefficient (Wildman–Crippen LogP) is 14.1. The molecule has 0 radical (unpaired) electrons. The van der Waals surface area contributed by atoms with E-state index in [0.717, 1.165) is 48.9 Å². The summed E-state index contributed by atoms with van der Waals surface area (Å²) in [5.41, 5.74) is 6.86. The van der Waals surface area contributed by atoms with Gasteiger partial charge in [-0.25, -0.2) is 0 Å². The summed E-state index contributed by atoms with van der Waals surface area (Å²) in [6.07, 6.45) is -3.86. The molecule has 317 valence electrons. The zero-order valence-corrected chi connectivity index (χ0v) is 41.3. The number of benzene rings is 6. The van der Waals surface area contributed by atoms with Gasteiger partial charge in [0.2, 0.25) is 0 Å². The second-order valence-corrected chi connectivity index (χ2v) is 49.1. The van der Waals surface area contributed by atoms with Gasteiger partial charge in [0.25, 0.3) is 0 Å². The normalized spacial score (nSPS) is 18.0. The van der Waals surface area contributed by atoms with Crippen LogP contribution in [-0.2, 0) is 28.5 Å². The Kier molecular flexibility index (Phi) is 10.9. The topological polar surface area (TPSA) is 0 Å². The molecule has 0 bridgehead atoms. The third-order valence-electron chi connectivity index (χ3n) is 13.1. The van der Waals surface area contributed by atoms with Crippen LogP contribution in [0.4, 0.5) is 26.3 Å². The van der Waals surface area contributed by atoms with Crippen LogP contribution in [0, 0.1) is 11.8 Å². The maximum atomic E-state index is 14.7. The van der Waals surface area contributed by atoms with Crippen molar-refractivity contribution in [3.05, 3.63) is 172 Å².